The van der Waals surface area contributed by atoms with Gasteiger partial charge in [-0.3, -0.25) is 9.20 Å². The Morgan fingerprint density at radius 2 is 2.12 bits per heavy atom. The Hall–Kier alpha value is -2.16. The van der Waals surface area contributed by atoms with Crippen molar-refractivity contribution in [2.24, 2.45) is 0 Å². The molecule has 0 bridgehead atoms. The van der Waals surface area contributed by atoms with Crippen molar-refractivity contribution in [3.05, 3.63) is 17.5 Å². The van der Waals surface area contributed by atoms with Crippen molar-refractivity contribution in [2.45, 2.75) is 51.2 Å². The van der Waals surface area contributed by atoms with E-state index in [1.807, 2.05) is 24.3 Å². The third kappa shape index (κ3) is 3.82. The van der Waals surface area contributed by atoms with Gasteiger partial charge in [-0.15, -0.1) is 10.2 Å². The average molecular weight is 377 g/mol. The van der Waals surface area contributed by atoms with E-state index in [9.17, 15) is 9.59 Å². The zero-order chi connectivity index (χ0) is 18.7. The first-order chi connectivity index (χ1) is 12.5. The topological polar surface area (TPSA) is 89.7 Å². The highest BCUT2D eigenvalue weighted by Crippen LogP contribution is 2.23. The normalized spacial score (nSPS) is 17.5. The lowest BCUT2D eigenvalue weighted by atomic mass is 10.0. The molecule has 0 saturated carbocycles. The van der Waals surface area contributed by atoms with E-state index >= 15 is 0 Å². The van der Waals surface area contributed by atoms with Crippen LogP contribution < -0.4 is 0 Å². The molecule has 0 N–H and O–H groups in total. The second-order valence-electron chi connectivity index (χ2n) is 6.30. The number of esters is 1. The first kappa shape index (κ1) is 18.6. The summed E-state index contributed by atoms with van der Waals surface area (Å²) >= 11 is 1.31. The Bertz CT molecular complexity index is 822. The van der Waals surface area contributed by atoms with Crippen LogP contribution in [-0.4, -0.2) is 61.3 Å². The standard InChI is InChI=1S/C17H23N5O3S/c1-4-25-15(24)13-7-5-6-8-21(13)14(23)10-26-17-20-19-16-18-11(2)9-12(3)22(16)17/h9,13H,4-8,10H2,1-3H3. The maximum absolute atomic E-state index is 12.7. The molecule has 0 spiro atoms. The quantitative estimate of drug-likeness (QED) is 0.579. The number of aromatic nitrogens is 4. The molecule has 26 heavy (non-hydrogen) atoms. The molecule has 2 aromatic heterocycles. The van der Waals surface area contributed by atoms with Crippen LogP contribution in [0.4, 0.5) is 0 Å². The van der Waals surface area contributed by atoms with Gasteiger partial charge in [0.1, 0.15) is 6.04 Å². The van der Waals surface area contributed by atoms with Crippen LogP contribution in [0.15, 0.2) is 11.2 Å². The van der Waals surface area contributed by atoms with Crippen LogP contribution in [0.1, 0.15) is 37.6 Å². The number of nitrogens with zero attached hydrogens (tertiary/aromatic N) is 5. The Labute approximate surface area is 156 Å². The summed E-state index contributed by atoms with van der Waals surface area (Å²) in [6.45, 7) is 6.55. The van der Waals surface area contributed by atoms with Crippen LogP contribution in [-0.2, 0) is 14.3 Å². The number of fused-ring (bicyclic) bond motifs is 1. The molecule has 0 aliphatic carbocycles. The molecule has 3 rings (SSSR count). The molecule has 8 nitrogen and oxygen atoms in total. The number of ether oxygens (including phenoxy) is 1. The van der Waals surface area contributed by atoms with Crippen LogP contribution in [0, 0.1) is 13.8 Å². The molecule has 3 heterocycles. The second kappa shape index (κ2) is 8.03. The summed E-state index contributed by atoms with van der Waals surface area (Å²) in [4.78, 5) is 30.8. The molecule has 1 aliphatic rings. The summed E-state index contributed by atoms with van der Waals surface area (Å²) in [6.07, 6.45) is 2.49. The number of piperidine rings is 1. The number of thioether (sulfide) groups is 1. The molecular weight excluding hydrogens is 354 g/mol. The number of amides is 1. The van der Waals surface area contributed by atoms with Crippen molar-refractivity contribution in [1.82, 2.24) is 24.5 Å². The number of carbonyl (C=O) groups excluding carboxylic acids is 2. The maximum atomic E-state index is 12.7. The van der Waals surface area contributed by atoms with Crippen molar-refractivity contribution >= 4 is 29.4 Å². The average Bonchev–Trinajstić information content (AvgIpc) is 3.03. The summed E-state index contributed by atoms with van der Waals surface area (Å²) in [5, 5.41) is 8.86. The smallest absolute Gasteiger partial charge is 0.328 e. The summed E-state index contributed by atoms with van der Waals surface area (Å²) in [5.74, 6) is 0.334. The van der Waals surface area contributed by atoms with E-state index in [1.54, 1.807) is 11.8 Å². The molecule has 2 aromatic rings. The van der Waals surface area contributed by atoms with Crippen LogP contribution in [0.3, 0.4) is 0 Å². The van der Waals surface area contributed by atoms with Crippen molar-refractivity contribution in [3.8, 4) is 0 Å². The van der Waals surface area contributed by atoms with E-state index in [0.29, 0.717) is 30.5 Å². The van der Waals surface area contributed by atoms with E-state index in [0.717, 1.165) is 24.2 Å². The van der Waals surface area contributed by atoms with Crippen molar-refractivity contribution in [3.63, 3.8) is 0 Å². The van der Waals surface area contributed by atoms with Gasteiger partial charge >= 0.3 is 5.97 Å². The Morgan fingerprint density at radius 1 is 1.31 bits per heavy atom. The lowest BCUT2D eigenvalue weighted by Gasteiger charge is -2.33. The summed E-state index contributed by atoms with van der Waals surface area (Å²) in [6, 6.07) is 1.47. The second-order valence-corrected chi connectivity index (χ2v) is 7.24. The Morgan fingerprint density at radius 3 is 2.88 bits per heavy atom. The fourth-order valence-electron chi connectivity index (χ4n) is 3.22. The van der Waals surface area contributed by atoms with Crippen LogP contribution in [0.5, 0.6) is 0 Å². The van der Waals surface area contributed by atoms with E-state index in [1.165, 1.54) is 11.8 Å². The van der Waals surface area contributed by atoms with Crippen molar-refractivity contribution in [1.29, 1.82) is 0 Å². The minimum absolute atomic E-state index is 0.0813. The monoisotopic (exact) mass is 377 g/mol. The van der Waals surface area contributed by atoms with Crippen LogP contribution in [0.25, 0.3) is 5.78 Å². The predicted molar refractivity (Wildman–Crippen MR) is 97.0 cm³/mol. The number of carbonyl (C=O) groups is 2. The van der Waals surface area contributed by atoms with Crippen LogP contribution >= 0.6 is 11.8 Å². The predicted octanol–water partition coefficient (Wildman–Crippen LogP) is 1.78. The first-order valence-electron chi connectivity index (χ1n) is 8.79. The van der Waals surface area contributed by atoms with Gasteiger partial charge in [-0.25, -0.2) is 9.78 Å². The van der Waals surface area contributed by atoms with Gasteiger partial charge in [-0.2, -0.15) is 0 Å². The number of hydrogen-bond donors (Lipinski definition) is 0. The molecule has 0 radical (unpaired) electrons. The molecule has 1 saturated heterocycles. The minimum Gasteiger partial charge on any atom is -0.464 e. The van der Waals surface area contributed by atoms with E-state index in [2.05, 4.69) is 15.2 Å². The van der Waals surface area contributed by atoms with Gasteiger partial charge in [0.05, 0.1) is 12.4 Å². The lowest BCUT2D eigenvalue weighted by molar-refractivity contribution is -0.155. The van der Waals surface area contributed by atoms with Crippen molar-refractivity contribution in [2.75, 3.05) is 18.9 Å². The highest BCUT2D eigenvalue weighted by Gasteiger charge is 2.33. The van der Waals surface area contributed by atoms with Gasteiger partial charge in [0.15, 0.2) is 5.16 Å². The largest absolute Gasteiger partial charge is 0.464 e. The fraction of sp³-hybridized carbons (Fsp3) is 0.588. The first-order valence-corrected chi connectivity index (χ1v) is 9.78. The van der Waals surface area contributed by atoms with Gasteiger partial charge in [0.25, 0.3) is 5.78 Å². The van der Waals surface area contributed by atoms with Gasteiger partial charge in [0, 0.05) is 17.9 Å². The Balaban J connectivity index is 1.71. The minimum atomic E-state index is -0.474. The van der Waals surface area contributed by atoms with Gasteiger partial charge in [-0.1, -0.05) is 11.8 Å². The lowest BCUT2D eigenvalue weighted by Crippen LogP contribution is -2.49. The zero-order valence-electron chi connectivity index (χ0n) is 15.3. The molecule has 0 aromatic carbocycles. The molecule has 9 heteroatoms. The number of rotatable bonds is 5. The third-order valence-corrected chi connectivity index (χ3v) is 5.28. The Kier molecular flexibility index (Phi) is 5.75. The molecular formula is C17H23N5O3S. The molecule has 140 valence electrons. The summed E-state index contributed by atoms with van der Waals surface area (Å²) in [5.41, 5.74) is 1.84. The van der Waals surface area contributed by atoms with Crippen LogP contribution in [0.2, 0.25) is 0 Å². The maximum Gasteiger partial charge on any atom is 0.328 e. The van der Waals surface area contributed by atoms with E-state index < -0.39 is 6.04 Å². The summed E-state index contributed by atoms with van der Waals surface area (Å²) < 4.78 is 6.96. The SMILES string of the molecule is CCOC(=O)C1CCCCN1C(=O)CSc1nnc2nc(C)cc(C)n12. The highest BCUT2D eigenvalue weighted by molar-refractivity contribution is 7.99. The number of likely N-dealkylation sites (tertiary alicyclic amines) is 1. The molecule has 1 atom stereocenters. The van der Waals surface area contributed by atoms with Crippen molar-refractivity contribution < 1.29 is 14.3 Å². The number of hydrogen-bond acceptors (Lipinski definition) is 7. The summed E-state index contributed by atoms with van der Waals surface area (Å²) in [7, 11) is 0. The fourth-order valence-corrected chi connectivity index (χ4v) is 4.09. The molecule has 1 unspecified atom stereocenters. The molecule has 1 amide bonds. The highest BCUT2D eigenvalue weighted by atomic mass is 32.2. The van der Waals surface area contributed by atoms with E-state index in [4.69, 9.17) is 4.74 Å². The molecule has 1 aliphatic heterocycles. The zero-order valence-corrected chi connectivity index (χ0v) is 16.1. The van der Waals surface area contributed by atoms with Gasteiger partial charge in [0.2, 0.25) is 5.91 Å². The van der Waals surface area contributed by atoms with Gasteiger partial charge < -0.3 is 9.64 Å². The van der Waals surface area contributed by atoms with E-state index in [-0.39, 0.29) is 17.6 Å². The third-order valence-electron chi connectivity index (χ3n) is 4.37. The molecule has 1 fully saturated rings. The van der Waals surface area contributed by atoms with Gasteiger partial charge in [-0.05, 0) is 46.1 Å². The number of aryl methyl sites for hydroxylation is 2.